The van der Waals surface area contributed by atoms with Gasteiger partial charge < -0.3 is 9.64 Å². The summed E-state index contributed by atoms with van der Waals surface area (Å²) in [7, 11) is 0. The molecule has 0 aliphatic carbocycles. The van der Waals surface area contributed by atoms with Gasteiger partial charge in [-0.1, -0.05) is 11.6 Å². The van der Waals surface area contributed by atoms with Gasteiger partial charge in [0.1, 0.15) is 4.88 Å². The molecular weight excluding hydrogens is 293 g/mol. The fourth-order valence-electron chi connectivity index (χ4n) is 1.49. The van der Waals surface area contributed by atoms with Crippen molar-refractivity contribution in [2.24, 2.45) is 0 Å². The molecule has 18 heavy (non-hydrogen) atoms. The van der Waals surface area contributed by atoms with Gasteiger partial charge in [0.2, 0.25) is 0 Å². The highest BCUT2D eigenvalue weighted by atomic mass is 35.5. The zero-order chi connectivity index (χ0) is 13.5. The van der Waals surface area contributed by atoms with Gasteiger partial charge in [-0.2, -0.15) is 0 Å². The Labute approximate surface area is 122 Å². The van der Waals surface area contributed by atoms with E-state index >= 15 is 0 Å². The second kappa shape index (κ2) is 8.00. The molecule has 0 radical (unpaired) electrons. The fourth-order valence-corrected chi connectivity index (χ4v) is 2.69. The Balaban J connectivity index is 2.62. The first kappa shape index (κ1) is 15.8. The van der Waals surface area contributed by atoms with Crippen molar-refractivity contribution in [2.45, 2.75) is 19.9 Å². The van der Waals surface area contributed by atoms with Crippen molar-refractivity contribution in [3.63, 3.8) is 0 Å². The molecule has 102 valence electrons. The molecule has 6 heteroatoms. The molecule has 1 aromatic heterocycles. The molecule has 0 atom stereocenters. The highest BCUT2D eigenvalue weighted by Crippen LogP contribution is 2.24. The molecule has 3 nitrogen and oxygen atoms in total. The minimum atomic E-state index is -0.0422. The second-order valence-corrected chi connectivity index (χ2v) is 5.69. The van der Waals surface area contributed by atoms with Gasteiger partial charge in [-0.15, -0.1) is 22.9 Å². The number of carbonyl (C=O) groups is 1. The Morgan fingerprint density at radius 1 is 1.50 bits per heavy atom. The third-order valence-corrected chi connectivity index (χ3v) is 3.88. The minimum absolute atomic E-state index is 0.0422. The summed E-state index contributed by atoms with van der Waals surface area (Å²) in [5.74, 6) is 0.423. The Morgan fingerprint density at radius 3 is 2.72 bits per heavy atom. The van der Waals surface area contributed by atoms with Crippen LogP contribution in [0.15, 0.2) is 11.4 Å². The molecule has 0 saturated carbocycles. The van der Waals surface area contributed by atoms with E-state index in [-0.39, 0.29) is 11.9 Å². The van der Waals surface area contributed by atoms with Crippen molar-refractivity contribution in [2.75, 3.05) is 25.6 Å². The number of ether oxygens (including phenoxy) is 1. The first-order chi connectivity index (χ1) is 8.57. The molecule has 0 spiro atoms. The van der Waals surface area contributed by atoms with Crippen molar-refractivity contribution in [3.8, 4) is 0 Å². The number of alkyl halides is 1. The molecule has 1 aromatic rings. The maximum absolute atomic E-state index is 12.3. The van der Waals surface area contributed by atoms with Crippen molar-refractivity contribution >= 4 is 40.4 Å². The third kappa shape index (κ3) is 4.43. The van der Waals surface area contributed by atoms with Crippen LogP contribution >= 0.6 is 34.5 Å². The molecule has 0 fully saturated rings. The number of carbonyl (C=O) groups excluding carboxylic acids is 1. The lowest BCUT2D eigenvalue weighted by Crippen LogP contribution is -2.39. The lowest BCUT2D eigenvalue weighted by atomic mass is 10.3. The fraction of sp³-hybridized carbons (Fsp3) is 0.583. The Kier molecular flexibility index (Phi) is 7.00. The Hall–Kier alpha value is -0.290. The summed E-state index contributed by atoms with van der Waals surface area (Å²) in [6, 6.07) is 1.84. The van der Waals surface area contributed by atoms with Crippen LogP contribution in [-0.4, -0.2) is 42.5 Å². The van der Waals surface area contributed by atoms with Crippen LogP contribution < -0.4 is 0 Å². The number of hydrogen-bond acceptors (Lipinski definition) is 3. The molecule has 0 saturated heterocycles. The molecule has 0 N–H and O–H groups in total. The molecule has 1 heterocycles. The maximum Gasteiger partial charge on any atom is 0.265 e. The molecule has 0 aromatic carbocycles. The average Bonchev–Trinajstić information content (AvgIpc) is 2.74. The molecule has 0 aliphatic rings. The summed E-state index contributed by atoms with van der Waals surface area (Å²) < 4.78 is 5.31. The number of amides is 1. The van der Waals surface area contributed by atoms with Crippen molar-refractivity contribution < 1.29 is 9.53 Å². The van der Waals surface area contributed by atoms with Crippen LogP contribution in [0.4, 0.5) is 0 Å². The molecular formula is C12H17Cl2NO2S. The highest BCUT2D eigenvalue weighted by molar-refractivity contribution is 7.12. The molecule has 1 rings (SSSR count). The zero-order valence-corrected chi connectivity index (χ0v) is 12.8. The Bertz CT molecular complexity index is 382. The summed E-state index contributed by atoms with van der Waals surface area (Å²) in [6.45, 7) is 5.48. The number of halogens is 2. The summed E-state index contributed by atoms with van der Waals surface area (Å²) in [4.78, 5) is 14.6. The normalized spacial score (nSPS) is 10.9. The topological polar surface area (TPSA) is 29.5 Å². The number of thiophene rings is 1. The van der Waals surface area contributed by atoms with E-state index in [2.05, 4.69) is 0 Å². The van der Waals surface area contributed by atoms with Gasteiger partial charge >= 0.3 is 0 Å². The number of nitrogens with zero attached hydrogens (tertiary/aromatic N) is 1. The predicted molar refractivity (Wildman–Crippen MR) is 77.0 cm³/mol. The predicted octanol–water partition coefficient (Wildman–Crippen LogP) is 3.51. The molecule has 0 aliphatic heterocycles. The Morgan fingerprint density at radius 2 is 2.22 bits per heavy atom. The first-order valence-electron chi connectivity index (χ1n) is 5.75. The van der Waals surface area contributed by atoms with Crippen molar-refractivity contribution in [1.29, 1.82) is 0 Å². The van der Waals surface area contributed by atoms with E-state index in [0.29, 0.717) is 35.5 Å². The van der Waals surface area contributed by atoms with E-state index in [4.69, 9.17) is 27.9 Å². The van der Waals surface area contributed by atoms with Crippen LogP contribution in [0.1, 0.15) is 23.5 Å². The van der Waals surface area contributed by atoms with E-state index in [1.807, 2.05) is 19.2 Å². The highest BCUT2D eigenvalue weighted by Gasteiger charge is 2.21. The lowest BCUT2D eigenvalue weighted by Gasteiger charge is -2.26. The third-order valence-electron chi connectivity index (χ3n) is 2.39. The number of hydrogen-bond donors (Lipinski definition) is 0. The summed E-state index contributed by atoms with van der Waals surface area (Å²) in [5.41, 5.74) is 0. The maximum atomic E-state index is 12.3. The van der Waals surface area contributed by atoms with Crippen LogP contribution in [0, 0.1) is 0 Å². The van der Waals surface area contributed by atoms with E-state index in [1.165, 1.54) is 11.3 Å². The van der Waals surface area contributed by atoms with Crippen LogP contribution in [0.3, 0.4) is 0 Å². The van der Waals surface area contributed by atoms with E-state index in [9.17, 15) is 4.79 Å². The van der Waals surface area contributed by atoms with Crippen LogP contribution in [0.2, 0.25) is 5.02 Å². The molecule has 0 unspecified atom stereocenters. The van der Waals surface area contributed by atoms with Gasteiger partial charge in [0.05, 0.1) is 18.2 Å². The van der Waals surface area contributed by atoms with Gasteiger partial charge in [-0.25, -0.2) is 0 Å². The van der Waals surface area contributed by atoms with E-state index in [0.717, 1.165) is 0 Å². The largest absolute Gasteiger partial charge is 0.378 e. The van der Waals surface area contributed by atoms with Crippen molar-refractivity contribution in [1.82, 2.24) is 4.90 Å². The first-order valence-corrected chi connectivity index (χ1v) is 7.54. The van der Waals surface area contributed by atoms with Crippen LogP contribution in [0.5, 0.6) is 0 Å². The summed E-state index contributed by atoms with van der Waals surface area (Å²) >= 11 is 12.9. The number of rotatable bonds is 7. The van der Waals surface area contributed by atoms with Gasteiger partial charge in [-0.3, -0.25) is 4.79 Å². The van der Waals surface area contributed by atoms with Gasteiger partial charge in [0, 0.05) is 18.5 Å². The minimum Gasteiger partial charge on any atom is -0.378 e. The van der Waals surface area contributed by atoms with Gasteiger partial charge in [-0.05, 0) is 25.3 Å². The monoisotopic (exact) mass is 309 g/mol. The molecule has 1 amide bonds. The van der Waals surface area contributed by atoms with E-state index in [1.54, 1.807) is 11.0 Å². The van der Waals surface area contributed by atoms with Gasteiger partial charge in [0.25, 0.3) is 5.91 Å². The zero-order valence-electron chi connectivity index (χ0n) is 10.5. The quantitative estimate of drug-likeness (QED) is 0.570. The van der Waals surface area contributed by atoms with Crippen LogP contribution in [0.25, 0.3) is 0 Å². The summed E-state index contributed by atoms with van der Waals surface area (Å²) in [6.07, 6.45) is 0. The van der Waals surface area contributed by atoms with Crippen LogP contribution in [-0.2, 0) is 4.74 Å². The second-order valence-electron chi connectivity index (χ2n) is 3.99. The molecule has 0 bridgehead atoms. The van der Waals surface area contributed by atoms with Crippen molar-refractivity contribution in [3.05, 3.63) is 21.3 Å². The summed E-state index contributed by atoms with van der Waals surface area (Å²) in [5, 5.41) is 2.33. The standard InChI is InChI=1S/C12H17Cl2NO2S/c1-9(2)15(5-7-17-6-4-13)12(16)11-10(14)3-8-18-11/h3,8-9H,4-7H2,1-2H3. The smallest absolute Gasteiger partial charge is 0.265 e. The van der Waals surface area contributed by atoms with Gasteiger partial charge in [0.15, 0.2) is 0 Å². The average molecular weight is 310 g/mol. The van der Waals surface area contributed by atoms with E-state index < -0.39 is 0 Å². The SMILES string of the molecule is CC(C)N(CCOCCCl)C(=O)c1sccc1Cl. The lowest BCUT2D eigenvalue weighted by molar-refractivity contribution is 0.0600.